The number of likely N-dealkylation sites (tertiary alicyclic amines) is 1. The molecule has 0 saturated carbocycles. The number of nitrogens with one attached hydrogen (secondary N) is 2. The first-order chi connectivity index (χ1) is 15.6. The summed E-state index contributed by atoms with van der Waals surface area (Å²) in [6, 6.07) is 8.76. The van der Waals surface area contributed by atoms with E-state index >= 15 is 0 Å². The van der Waals surface area contributed by atoms with Crippen molar-refractivity contribution >= 4 is 5.96 Å². The Balaban J connectivity index is 1.73. The lowest BCUT2D eigenvalue weighted by Crippen LogP contribution is -2.44. The zero-order valence-corrected chi connectivity index (χ0v) is 20.1. The van der Waals surface area contributed by atoms with Crippen molar-refractivity contribution in [3.05, 3.63) is 41.5 Å². The molecule has 0 spiro atoms. The topological polar surface area (TPSA) is 79.6 Å². The fourth-order valence-corrected chi connectivity index (χ4v) is 4.00. The summed E-state index contributed by atoms with van der Waals surface area (Å²) in [5, 5.41) is 15.5. The van der Waals surface area contributed by atoms with Crippen LogP contribution in [0.1, 0.15) is 62.3 Å². The summed E-state index contributed by atoms with van der Waals surface area (Å²) < 4.78 is 7.35. The molecule has 0 amide bonds. The van der Waals surface area contributed by atoms with Crippen molar-refractivity contribution in [1.82, 2.24) is 30.3 Å². The van der Waals surface area contributed by atoms with Crippen molar-refractivity contribution in [3.63, 3.8) is 0 Å². The SMILES string of the molecule is CCCCNC(=NCc1nnc(C)n1C)NCC(c1ccc(OC)cc1)N1CCCCC1. The highest BCUT2D eigenvalue weighted by Gasteiger charge is 2.22. The summed E-state index contributed by atoms with van der Waals surface area (Å²) in [5.74, 6) is 3.48. The minimum Gasteiger partial charge on any atom is -0.497 e. The number of piperidine rings is 1. The first kappa shape index (κ1) is 24.0. The number of aromatic nitrogens is 3. The van der Waals surface area contributed by atoms with E-state index in [4.69, 9.17) is 9.73 Å². The van der Waals surface area contributed by atoms with Crippen molar-refractivity contribution < 1.29 is 4.74 Å². The summed E-state index contributed by atoms with van der Waals surface area (Å²) in [6.07, 6.45) is 6.09. The molecule has 0 radical (unpaired) electrons. The number of guanidine groups is 1. The van der Waals surface area contributed by atoms with E-state index in [9.17, 15) is 0 Å². The number of hydrogen-bond donors (Lipinski definition) is 2. The molecule has 2 heterocycles. The number of nitrogens with zero attached hydrogens (tertiary/aromatic N) is 5. The molecule has 1 aliphatic rings. The number of ether oxygens (including phenoxy) is 1. The van der Waals surface area contributed by atoms with Crippen LogP contribution in [0.3, 0.4) is 0 Å². The monoisotopic (exact) mass is 441 g/mol. The molecule has 3 rings (SSSR count). The molecule has 176 valence electrons. The standard InChI is InChI=1S/C24H39N7O/c1-5-6-14-25-24(27-18-23-29-28-19(2)30(23)3)26-17-22(31-15-8-7-9-16-31)20-10-12-21(32-4)13-11-20/h10-13,22H,5-9,14-18H2,1-4H3,(H2,25,26,27). The molecular weight excluding hydrogens is 402 g/mol. The third kappa shape index (κ3) is 6.69. The average Bonchev–Trinajstić information content (AvgIpc) is 3.15. The summed E-state index contributed by atoms with van der Waals surface area (Å²) in [4.78, 5) is 7.40. The molecule has 32 heavy (non-hydrogen) atoms. The Morgan fingerprint density at radius 1 is 1.12 bits per heavy atom. The summed E-state index contributed by atoms with van der Waals surface area (Å²) in [5.41, 5.74) is 1.30. The van der Waals surface area contributed by atoms with Crippen LogP contribution in [0.25, 0.3) is 0 Å². The highest BCUT2D eigenvalue weighted by Crippen LogP contribution is 2.25. The van der Waals surface area contributed by atoms with Crippen molar-refractivity contribution in [2.75, 3.05) is 33.3 Å². The summed E-state index contributed by atoms with van der Waals surface area (Å²) in [6.45, 7) is 8.61. The Morgan fingerprint density at radius 3 is 2.50 bits per heavy atom. The molecule has 1 unspecified atom stereocenters. The van der Waals surface area contributed by atoms with Gasteiger partial charge in [-0.2, -0.15) is 0 Å². The van der Waals surface area contributed by atoms with Gasteiger partial charge in [-0.15, -0.1) is 10.2 Å². The van der Waals surface area contributed by atoms with Gasteiger partial charge in [0, 0.05) is 20.1 Å². The van der Waals surface area contributed by atoms with Crippen LogP contribution in [-0.2, 0) is 13.6 Å². The molecule has 2 N–H and O–H groups in total. The minimum absolute atomic E-state index is 0.288. The number of rotatable bonds is 10. The highest BCUT2D eigenvalue weighted by molar-refractivity contribution is 5.79. The predicted octanol–water partition coefficient (Wildman–Crippen LogP) is 3.19. The van der Waals surface area contributed by atoms with Gasteiger partial charge < -0.3 is 19.9 Å². The molecule has 1 fully saturated rings. The molecular formula is C24H39N7O. The van der Waals surface area contributed by atoms with Crippen LogP contribution in [0, 0.1) is 6.92 Å². The predicted molar refractivity (Wildman–Crippen MR) is 129 cm³/mol. The van der Waals surface area contributed by atoms with Gasteiger partial charge in [-0.05, 0) is 57.0 Å². The number of methoxy groups -OCH3 is 1. The van der Waals surface area contributed by atoms with Gasteiger partial charge in [-0.3, -0.25) is 4.90 Å². The number of aliphatic imine (C=N–C) groups is 1. The largest absolute Gasteiger partial charge is 0.497 e. The second-order valence-corrected chi connectivity index (χ2v) is 8.43. The van der Waals surface area contributed by atoms with Crippen molar-refractivity contribution in [2.24, 2.45) is 12.0 Å². The minimum atomic E-state index is 0.288. The van der Waals surface area contributed by atoms with Gasteiger partial charge in [0.15, 0.2) is 11.8 Å². The van der Waals surface area contributed by atoms with Gasteiger partial charge in [-0.1, -0.05) is 31.9 Å². The molecule has 1 aromatic heterocycles. The maximum Gasteiger partial charge on any atom is 0.191 e. The third-order valence-corrected chi connectivity index (χ3v) is 6.18. The van der Waals surface area contributed by atoms with E-state index < -0.39 is 0 Å². The molecule has 0 bridgehead atoms. The Hall–Kier alpha value is -2.61. The van der Waals surface area contributed by atoms with Gasteiger partial charge >= 0.3 is 0 Å². The van der Waals surface area contributed by atoms with Crippen molar-refractivity contribution in [3.8, 4) is 5.75 Å². The number of aryl methyl sites for hydroxylation is 1. The molecule has 1 atom stereocenters. The molecule has 8 nitrogen and oxygen atoms in total. The van der Waals surface area contributed by atoms with E-state index in [1.54, 1.807) is 7.11 Å². The zero-order valence-electron chi connectivity index (χ0n) is 20.1. The number of hydrogen-bond acceptors (Lipinski definition) is 5. The van der Waals surface area contributed by atoms with Crippen LogP contribution < -0.4 is 15.4 Å². The fraction of sp³-hybridized carbons (Fsp3) is 0.625. The number of unbranched alkanes of at least 4 members (excludes halogenated alkanes) is 1. The van der Waals surface area contributed by atoms with Crippen LogP contribution in [0.5, 0.6) is 5.75 Å². The van der Waals surface area contributed by atoms with Gasteiger partial charge in [0.05, 0.1) is 13.2 Å². The van der Waals surface area contributed by atoms with E-state index in [-0.39, 0.29) is 6.04 Å². The second-order valence-electron chi connectivity index (χ2n) is 8.43. The average molecular weight is 442 g/mol. The van der Waals surface area contributed by atoms with Crippen LogP contribution in [0.15, 0.2) is 29.3 Å². The smallest absolute Gasteiger partial charge is 0.191 e. The van der Waals surface area contributed by atoms with Gasteiger partial charge in [0.25, 0.3) is 0 Å². The summed E-state index contributed by atoms with van der Waals surface area (Å²) in [7, 11) is 3.69. The fourth-order valence-electron chi connectivity index (χ4n) is 4.00. The lowest BCUT2D eigenvalue weighted by Gasteiger charge is -2.35. The second kappa shape index (κ2) is 12.4. The van der Waals surface area contributed by atoms with E-state index in [0.29, 0.717) is 6.54 Å². The molecule has 0 aliphatic carbocycles. The van der Waals surface area contributed by atoms with Gasteiger partial charge in [0.1, 0.15) is 18.1 Å². The van der Waals surface area contributed by atoms with E-state index in [1.807, 2.05) is 18.5 Å². The maximum absolute atomic E-state index is 5.36. The van der Waals surface area contributed by atoms with Crippen LogP contribution in [-0.4, -0.2) is 58.9 Å². The molecule has 1 aliphatic heterocycles. The van der Waals surface area contributed by atoms with Crippen LogP contribution in [0.4, 0.5) is 0 Å². The Labute approximate surface area is 192 Å². The zero-order chi connectivity index (χ0) is 22.8. The van der Waals surface area contributed by atoms with E-state index in [2.05, 4.69) is 56.9 Å². The van der Waals surface area contributed by atoms with Gasteiger partial charge in [-0.25, -0.2) is 4.99 Å². The maximum atomic E-state index is 5.36. The number of benzene rings is 1. The van der Waals surface area contributed by atoms with Crippen LogP contribution in [0.2, 0.25) is 0 Å². The highest BCUT2D eigenvalue weighted by atomic mass is 16.5. The van der Waals surface area contributed by atoms with Crippen molar-refractivity contribution in [1.29, 1.82) is 0 Å². The quantitative estimate of drug-likeness (QED) is 0.335. The Bertz CT molecular complexity index is 841. The van der Waals surface area contributed by atoms with Crippen LogP contribution >= 0.6 is 0 Å². The van der Waals surface area contributed by atoms with Crippen molar-refractivity contribution in [2.45, 2.75) is 58.5 Å². The van der Waals surface area contributed by atoms with Gasteiger partial charge in [0.2, 0.25) is 0 Å². The molecule has 1 saturated heterocycles. The van der Waals surface area contributed by atoms with E-state index in [0.717, 1.165) is 62.4 Å². The van der Waals surface area contributed by atoms with E-state index in [1.165, 1.54) is 24.8 Å². The molecule has 2 aromatic rings. The Kier molecular flexibility index (Phi) is 9.34. The molecule has 1 aromatic carbocycles. The lowest BCUT2D eigenvalue weighted by molar-refractivity contribution is 0.164. The first-order valence-electron chi connectivity index (χ1n) is 11.9. The Morgan fingerprint density at radius 2 is 1.88 bits per heavy atom. The lowest BCUT2D eigenvalue weighted by atomic mass is 10.0. The normalized spacial score (nSPS) is 16.1. The summed E-state index contributed by atoms with van der Waals surface area (Å²) >= 11 is 0. The molecule has 8 heteroatoms. The first-order valence-corrected chi connectivity index (χ1v) is 11.9. The third-order valence-electron chi connectivity index (χ3n) is 6.18.